The van der Waals surface area contributed by atoms with Gasteiger partial charge < -0.3 is 5.32 Å². The maximum atomic E-state index is 11.8. The standard InChI is InChI=1S/C18H24N4O/c1-3-14-4-6-15(7-5-14)11-21-12-16-8-9-20-22(16)17(13-21)10-18(23)19-2/h4-9,17H,3,10-13H2,1-2H3,(H,19,23). The van der Waals surface area contributed by atoms with Gasteiger partial charge in [0, 0.05) is 32.9 Å². The molecule has 0 spiro atoms. The molecule has 0 saturated carbocycles. The van der Waals surface area contributed by atoms with Crippen LogP contribution >= 0.6 is 0 Å². The molecule has 1 aromatic carbocycles. The van der Waals surface area contributed by atoms with Crippen molar-refractivity contribution in [2.24, 2.45) is 0 Å². The lowest BCUT2D eigenvalue weighted by Gasteiger charge is -2.33. The van der Waals surface area contributed by atoms with Crippen LogP contribution in [0.3, 0.4) is 0 Å². The largest absolute Gasteiger partial charge is 0.359 e. The zero-order valence-corrected chi connectivity index (χ0v) is 13.8. The number of nitrogens with one attached hydrogen (secondary N) is 1. The first-order valence-corrected chi connectivity index (χ1v) is 8.22. The Labute approximate surface area is 137 Å². The molecule has 23 heavy (non-hydrogen) atoms. The second kappa shape index (κ2) is 6.96. The lowest BCUT2D eigenvalue weighted by atomic mass is 10.1. The van der Waals surface area contributed by atoms with Crippen LogP contribution in [0.2, 0.25) is 0 Å². The number of carbonyl (C=O) groups excluding carboxylic acids is 1. The van der Waals surface area contributed by atoms with Crippen LogP contribution in [0, 0.1) is 0 Å². The smallest absolute Gasteiger partial charge is 0.221 e. The van der Waals surface area contributed by atoms with E-state index < -0.39 is 0 Å². The van der Waals surface area contributed by atoms with E-state index in [-0.39, 0.29) is 11.9 Å². The van der Waals surface area contributed by atoms with Crippen molar-refractivity contribution >= 4 is 5.91 Å². The van der Waals surface area contributed by atoms with Crippen molar-refractivity contribution < 1.29 is 4.79 Å². The second-order valence-electron chi connectivity index (χ2n) is 6.14. The zero-order chi connectivity index (χ0) is 16.2. The molecular weight excluding hydrogens is 288 g/mol. The van der Waals surface area contributed by atoms with Gasteiger partial charge in [-0.05, 0) is 23.6 Å². The normalized spacial score (nSPS) is 17.7. The van der Waals surface area contributed by atoms with Crippen LogP contribution in [0.15, 0.2) is 36.5 Å². The third kappa shape index (κ3) is 3.62. The van der Waals surface area contributed by atoms with Crippen molar-refractivity contribution in [3.8, 4) is 0 Å². The van der Waals surface area contributed by atoms with Gasteiger partial charge in [0.25, 0.3) is 0 Å². The maximum Gasteiger partial charge on any atom is 0.221 e. The Morgan fingerprint density at radius 2 is 2.00 bits per heavy atom. The van der Waals surface area contributed by atoms with Crippen LogP contribution in [-0.4, -0.2) is 34.2 Å². The number of benzene rings is 1. The minimum atomic E-state index is 0.0607. The molecule has 0 saturated heterocycles. The summed E-state index contributed by atoms with van der Waals surface area (Å²) in [4.78, 5) is 14.2. The molecule has 1 aliphatic heterocycles. The molecule has 1 atom stereocenters. The molecule has 5 nitrogen and oxygen atoms in total. The molecule has 5 heteroatoms. The number of hydrogen-bond donors (Lipinski definition) is 1. The van der Waals surface area contributed by atoms with E-state index in [1.807, 2.05) is 16.9 Å². The molecule has 1 aliphatic rings. The average molecular weight is 312 g/mol. The fourth-order valence-electron chi connectivity index (χ4n) is 3.19. The summed E-state index contributed by atoms with van der Waals surface area (Å²) in [6, 6.07) is 11.0. The van der Waals surface area contributed by atoms with Gasteiger partial charge in [-0.25, -0.2) is 0 Å². The van der Waals surface area contributed by atoms with Gasteiger partial charge in [0.1, 0.15) is 0 Å². The number of hydrogen-bond acceptors (Lipinski definition) is 3. The minimum absolute atomic E-state index is 0.0607. The van der Waals surface area contributed by atoms with Gasteiger partial charge in [0.2, 0.25) is 5.91 Å². The summed E-state index contributed by atoms with van der Waals surface area (Å²) >= 11 is 0. The van der Waals surface area contributed by atoms with Crippen LogP contribution in [-0.2, 0) is 24.3 Å². The van der Waals surface area contributed by atoms with E-state index in [1.165, 1.54) is 16.8 Å². The van der Waals surface area contributed by atoms with Crippen molar-refractivity contribution in [1.29, 1.82) is 0 Å². The summed E-state index contributed by atoms with van der Waals surface area (Å²) in [5.74, 6) is 0.0607. The molecule has 0 radical (unpaired) electrons. The topological polar surface area (TPSA) is 50.2 Å². The molecule has 1 N–H and O–H groups in total. The number of amides is 1. The highest BCUT2D eigenvalue weighted by Gasteiger charge is 2.27. The van der Waals surface area contributed by atoms with Crippen LogP contribution in [0.1, 0.15) is 36.2 Å². The van der Waals surface area contributed by atoms with Crippen LogP contribution in [0.25, 0.3) is 0 Å². The number of aryl methyl sites for hydroxylation is 1. The lowest BCUT2D eigenvalue weighted by Crippen LogP contribution is -2.39. The molecule has 1 unspecified atom stereocenters. The number of rotatable bonds is 5. The predicted octanol–water partition coefficient (Wildman–Crippen LogP) is 2.14. The Morgan fingerprint density at radius 1 is 1.26 bits per heavy atom. The van der Waals surface area contributed by atoms with Gasteiger partial charge in [0.15, 0.2) is 0 Å². The SMILES string of the molecule is CCc1ccc(CN2Cc3ccnn3C(CC(=O)NC)C2)cc1. The predicted molar refractivity (Wildman–Crippen MR) is 89.9 cm³/mol. The van der Waals surface area contributed by atoms with Crippen LogP contribution in [0.4, 0.5) is 0 Å². The van der Waals surface area contributed by atoms with E-state index in [4.69, 9.17) is 0 Å². The molecule has 2 aromatic rings. The zero-order valence-electron chi connectivity index (χ0n) is 13.8. The minimum Gasteiger partial charge on any atom is -0.359 e. The van der Waals surface area contributed by atoms with E-state index >= 15 is 0 Å². The third-order valence-corrected chi connectivity index (χ3v) is 4.49. The monoisotopic (exact) mass is 312 g/mol. The molecule has 0 fully saturated rings. The van der Waals surface area contributed by atoms with Crippen molar-refractivity contribution in [3.63, 3.8) is 0 Å². The molecule has 1 amide bonds. The summed E-state index contributed by atoms with van der Waals surface area (Å²) in [5.41, 5.74) is 3.85. The first-order chi connectivity index (χ1) is 11.2. The quantitative estimate of drug-likeness (QED) is 0.920. The van der Waals surface area contributed by atoms with Gasteiger partial charge in [-0.2, -0.15) is 5.10 Å². The molecule has 0 bridgehead atoms. The van der Waals surface area contributed by atoms with E-state index in [9.17, 15) is 4.79 Å². The highest BCUT2D eigenvalue weighted by molar-refractivity contribution is 5.76. The average Bonchev–Trinajstić information content (AvgIpc) is 3.04. The summed E-state index contributed by atoms with van der Waals surface area (Å²) in [6.45, 7) is 4.79. The van der Waals surface area contributed by atoms with Gasteiger partial charge in [-0.3, -0.25) is 14.4 Å². The van der Waals surface area contributed by atoms with Gasteiger partial charge in [-0.15, -0.1) is 0 Å². The maximum absolute atomic E-state index is 11.8. The Kier molecular flexibility index (Phi) is 4.76. The summed E-state index contributed by atoms with van der Waals surface area (Å²) in [7, 11) is 1.68. The van der Waals surface area contributed by atoms with Crippen molar-refractivity contribution in [1.82, 2.24) is 20.0 Å². The number of nitrogens with zero attached hydrogens (tertiary/aromatic N) is 3. The van der Waals surface area contributed by atoms with Crippen LogP contribution < -0.4 is 5.32 Å². The van der Waals surface area contributed by atoms with Gasteiger partial charge in [-0.1, -0.05) is 31.2 Å². The molecule has 1 aromatic heterocycles. The number of aromatic nitrogens is 2. The Morgan fingerprint density at radius 3 is 2.70 bits per heavy atom. The first-order valence-electron chi connectivity index (χ1n) is 8.22. The summed E-state index contributed by atoms with van der Waals surface area (Å²) in [5, 5.41) is 7.11. The molecule has 3 rings (SSSR count). The third-order valence-electron chi connectivity index (χ3n) is 4.49. The highest BCUT2D eigenvalue weighted by Crippen LogP contribution is 2.24. The van der Waals surface area contributed by atoms with Gasteiger partial charge >= 0.3 is 0 Å². The van der Waals surface area contributed by atoms with Crippen molar-refractivity contribution in [3.05, 3.63) is 53.3 Å². The molecule has 122 valence electrons. The number of fused-ring (bicyclic) bond motifs is 1. The molecular formula is C18H24N4O. The highest BCUT2D eigenvalue weighted by atomic mass is 16.1. The van der Waals surface area contributed by atoms with E-state index in [2.05, 4.69) is 46.5 Å². The molecule has 2 heterocycles. The van der Waals surface area contributed by atoms with E-state index in [1.54, 1.807) is 7.05 Å². The summed E-state index contributed by atoms with van der Waals surface area (Å²) in [6.07, 6.45) is 3.36. The second-order valence-corrected chi connectivity index (χ2v) is 6.14. The fraction of sp³-hybridized carbons (Fsp3) is 0.444. The molecule has 0 aliphatic carbocycles. The van der Waals surface area contributed by atoms with E-state index in [0.717, 1.165) is 26.1 Å². The van der Waals surface area contributed by atoms with Gasteiger partial charge in [0.05, 0.1) is 18.2 Å². The van der Waals surface area contributed by atoms with E-state index in [0.29, 0.717) is 6.42 Å². The van der Waals surface area contributed by atoms with Crippen molar-refractivity contribution in [2.45, 2.75) is 38.9 Å². The van der Waals surface area contributed by atoms with Crippen LogP contribution in [0.5, 0.6) is 0 Å². The number of carbonyl (C=O) groups is 1. The lowest BCUT2D eigenvalue weighted by molar-refractivity contribution is -0.121. The Balaban J connectivity index is 1.72. The first kappa shape index (κ1) is 15.7. The van der Waals surface area contributed by atoms with Crippen molar-refractivity contribution in [2.75, 3.05) is 13.6 Å². The summed E-state index contributed by atoms with van der Waals surface area (Å²) < 4.78 is 2.01. The Hall–Kier alpha value is -2.14. The Bertz CT molecular complexity index is 662. The fourth-order valence-corrected chi connectivity index (χ4v) is 3.19.